The topological polar surface area (TPSA) is 3.24 Å². The molecule has 0 amide bonds. The standard InChI is InChI=1S/C25H53N/c1-8-11-14-17-20-23-26(24(4,5)21-18-15-12-9-2)25(6,7)22-19-16-13-10-3/h8-23H2,1-7H3. The lowest BCUT2D eigenvalue weighted by Crippen LogP contribution is -2.55. The largest absolute Gasteiger partial charge is 0.293 e. The van der Waals surface area contributed by atoms with Gasteiger partial charge in [0.1, 0.15) is 0 Å². The number of unbranched alkanes of at least 4 members (excludes halogenated alkanes) is 10. The third-order valence-electron chi connectivity index (χ3n) is 6.23. The van der Waals surface area contributed by atoms with Crippen molar-refractivity contribution in [3.63, 3.8) is 0 Å². The molecule has 0 heterocycles. The van der Waals surface area contributed by atoms with Gasteiger partial charge in [0.25, 0.3) is 0 Å². The van der Waals surface area contributed by atoms with Crippen LogP contribution in [0.2, 0.25) is 0 Å². The molecule has 0 atom stereocenters. The molecule has 0 rings (SSSR count). The van der Waals surface area contributed by atoms with Crippen LogP contribution in [0, 0.1) is 0 Å². The predicted molar refractivity (Wildman–Crippen MR) is 121 cm³/mol. The van der Waals surface area contributed by atoms with Gasteiger partial charge in [-0.25, -0.2) is 0 Å². The smallest absolute Gasteiger partial charge is 0.0158 e. The molecule has 0 aliphatic rings. The molecule has 158 valence electrons. The van der Waals surface area contributed by atoms with Crippen LogP contribution in [0.15, 0.2) is 0 Å². The van der Waals surface area contributed by atoms with Crippen molar-refractivity contribution in [2.24, 2.45) is 0 Å². The summed E-state index contributed by atoms with van der Waals surface area (Å²) < 4.78 is 0. The molecule has 0 fully saturated rings. The van der Waals surface area contributed by atoms with Gasteiger partial charge in [0.15, 0.2) is 0 Å². The highest BCUT2D eigenvalue weighted by atomic mass is 15.2. The first-order valence-corrected chi connectivity index (χ1v) is 12.1. The Kier molecular flexibility index (Phi) is 14.9. The minimum absolute atomic E-state index is 0.326. The van der Waals surface area contributed by atoms with Gasteiger partial charge in [-0.3, -0.25) is 4.90 Å². The Morgan fingerprint density at radius 1 is 0.462 bits per heavy atom. The molecule has 0 aromatic carbocycles. The van der Waals surface area contributed by atoms with E-state index in [4.69, 9.17) is 0 Å². The Hall–Kier alpha value is -0.0400. The fraction of sp³-hybridized carbons (Fsp3) is 1.00. The van der Waals surface area contributed by atoms with Crippen molar-refractivity contribution in [3.05, 3.63) is 0 Å². The molecule has 0 saturated heterocycles. The van der Waals surface area contributed by atoms with Gasteiger partial charge in [-0.2, -0.15) is 0 Å². The maximum atomic E-state index is 2.89. The highest BCUT2D eigenvalue weighted by Crippen LogP contribution is 2.33. The maximum Gasteiger partial charge on any atom is 0.0158 e. The van der Waals surface area contributed by atoms with E-state index >= 15 is 0 Å². The first-order chi connectivity index (χ1) is 12.3. The molecule has 26 heavy (non-hydrogen) atoms. The van der Waals surface area contributed by atoms with Gasteiger partial charge in [0.2, 0.25) is 0 Å². The average molecular weight is 368 g/mol. The van der Waals surface area contributed by atoms with Gasteiger partial charge in [0, 0.05) is 11.1 Å². The molecule has 0 aromatic heterocycles. The Bertz CT molecular complexity index is 281. The van der Waals surface area contributed by atoms with Crippen molar-refractivity contribution >= 4 is 0 Å². The zero-order valence-electron chi connectivity index (χ0n) is 19.8. The van der Waals surface area contributed by atoms with E-state index in [2.05, 4.69) is 53.4 Å². The van der Waals surface area contributed by atoms with Gasteiger partial charge < -0.3 is 0 Å². The van der Waals surface area contributed by atoms with Crippen LogP contribution < -0.4 is 0 Å². The Balaban J connectivity index is 4.77. The highest BCUT2D eigenvalue weighted by Gasteiger charge is 2.36. The first kappa shape index (κ1) is 26.0. The molecule has 0 radical (unpaired) electrons. The average Bonchev–Trinajstić information content (AvgIpc) is 2.58. The van der Waals surface area contributed by atoms with Crippen molar-refractivity contribution in [1.29, 1.82) is 0 Å². The van der Waals surface area contributed by atoms with E-state index in [1.54, 1.807) is 0 Å². The van der Waals surface area contributed by atoms with Crippen LogP contribution in [0.3, 0.4) is 0 Å². The molecule has 0 spiro atoms. The van der Waals surface area contributed by atoms with Crippen molar-refractivity contribution in [2.75, 3.05) is 6.54 Å². The molecule has 1 heteroatoms. The minimum Gasteiger partial charge on any atom is -0.293 e. The molecule has 0 aliphatic heterocycles. The summed E-state index contributed by atoms with van der Waals surface area (Å²) in [5, 5.41) is 0. The summed E-state index contributed by atoms with van der Waals surface area (Å²) in [6.07, 6.45) is 20.7. The monoisotopic (exact) mass is 367 g/mol. The summed E-state index contributed by atoms with van der Waals surface area (Å²) in [5.74, 6) is 0. The lowest BCUT2D eigenvalue weighted by atomic mass is 9.85. The number of hydrogen-bond acceptors (Lipinski definition) is 1. The number of nitrogens with zero attached hydrogens (tertiary/aromatic N) is 1. The van der Waals surface area contributed by atoms with Gasteiger partial charge in [-0.1, -0.05) is 97.8 Å². The van der Waals surface area contributed by atoms with Crippen LogP contribution in [0.4, 0.5) is 0 Å². The van der Waals surface area contributed by atoms with Crippen molar-refractivity contribution in [1.82, 2.24) is 4.90 Å². The Morgan fingerprint density at radius 2 is 0.808 bits per heavy atom. The lowest BCUT2D eigenvalue weighted by Gasteiger charge is -2.49. The molecule has 0 aliphatic carbocycles. The molecular weight excluding hydrogens is 314 g/mol. The van der Waals surface area contributed by atoms with Crippen LogP contribution in [0.25, 0.3) is 0 Å². The Morgan fingerprint density at radius 3 is 1.19 bits per heavy atom. The van der Waals surface area contributed by atoms with E-state index in [0.717, 1.165) is 0 Å². The minimum atomic E-state index is 0.326. The van der Waals surface area contributed by atoms with Crippen molar-refractivity contribution in [2.45, 2.75) is 156 Å². The summed E-state index contributed by atoms with van der Waals surface area (Å²) in [6, 6.07) is 0. The SMILES string of the molecule is CCCCCCCN(C(C)(C)CCCCCC)C(C)(C)CCCCCC. The fourth-order valence-electron chi connectivity index (χ4n) is 4.54. The molecule has 0 unspecified atom stereocenters. The number of rotatable bonds is 18. The van der Waals surface area contributed by atoms with Crippen LogP contribution in [-0.4, -0.2) is 22.5 Å². The van der Waals surface area contributed by atoms with Crippen LogP contribution in [0.1, 0.15) is 145 Å². The molecule has 1 nitrogen and oxygen atoms in total. The summed E-state index contributed by atoms with van der Waals surface area (Å²) in [4.78, 5) is 2.89. The molecule has 0 aromatic rings. The van der Waals surface area contributed by atoms with Gasteiger partial charge in [-0.05, 0) is 53.5 Å². The predicted octanol–water partition coefficient (Wildman–Crippen LogP) is 8.76. The molecule has 0 bridgehead atoms. The van der Waals surface area contributed by atoms with Crippen molar-refractivity contribution in [3.8, 4) is 0 Å². The normalized spacial score (nSPS) is 12.9. The van der Waals surface area contributed by atoms with E-state index in [0.29, 0.717) is 11.1 Å². The summed E-state index contributed by atoms with van der Waals surface area (Å²) in [6.45, 7) is 18.3. The zero-order chi connectivity index (χ0) is 19.9. The summed E-state index contributed by atoms with van der Waals surface area (Å²) in [7, 11) is 0. The lowest BCUT2D eigenvalue weighted by molar-refractivity contribution is 0.00154. The number of hydrogen-bond donors (Lipinski definition) is 0. The second-order valence-electron chi connectivity index (χ2n) is 9.81. The van der Waals surface area contributed by atoms with Crippen LogP contribution in [-0.2, 0) is 0 Å². The second-order valence-corrected chi connectivity index (χ2v) is 9.81. The molecular formula is C25H53N. The fourth-order valence-corrected chi connectivity index (χ4v) is 4.54. The second kappa shape index (κ2) is 14.9. The summed E-state index contributed by atoms with van der Waals surface area (Å²) in [5.41, 5.74) is 0.652. The Labute approximate surface area is 167 Å². The van der Waals surface area contributed by atoms with Crippen LogP contribution >= 0.6 is 0 Å². The first-order valence-electron chi connectivity index (χ1n) is 12.1. The zero-order valence-corrected chi connectivity index (χ0v) is 19.8. The van der Waals surface area contributed by atoms with Crippen LogP contribution in [0.5, 0.6) is 0 Å². The van der Waals surface area contributed by atoms with E-state index in [1.807, 2.05) is 0 Å². The van der Waals surface area contributed by atoms with E-state index < -0.39 is 0 Å². The third-order valence-corrected chi connectivity index (χ3v) is 6.23. The maximum absolute atomic E-state index is 2.89. The van der Waals surface area contributed by atoms with Gasteiger partial charge in [-0.15, -0.1) is 0 Å². The highest BCUT2D eigenvalue weighted by molar-refractivity contribution is 4.92. The van der Waals surface area contributed by atoms with Gasteiger partial charge in [0.05, 0.1) is 0 Å². The molecule has 0 saturated carbocycles. The van der Waals surface area contributed by atoms with Gasteiger partial charge >= 0.3 is 0 Å². The van der Waals surface area contributed by atoms with E-state index in [-0.39, 0.29) is 0 Å². The third kappa shape index (κ3) is 11.6. The van der Waals surface area contributed by atoms with E-state index in [1.165, 1.54) is 103 Å². The molecule has 0 N–H and O–H groups in total. The quantitative estimate of drug-likeness (QED) is 0.219. The van der Waals surface area contributed by atoms with Crippen molar-refractivity contribution < 1.29 is 0 Å². The summed E-state index contributed by atoms with van der Waals surface area (Å²) >= 11 is 0. The van der Waals surface area contributed by atoms with E-state index in [9.17, 15) is 0 Å².